The second kappa shape index (κ2) is 8.84. The smallest absolute Gasteiger partial charge is 0.337 e. The number of sulfonamides is 1. The lowest BCUT2D eigenvalue weighted by Crippen LogP contribution is -2.52. The number of rotatable bonds is 7. The first-order valence-corrected chi connectivity index (χ1v) is 8.72. The van der Waals surface area contributed by atoms with E-state index in [0.717, 1.165) is 0 Å². The van der Waals surface area contributed by atoms with E-state index in [-0.39, 0.29) is 34.4 Å². The quantitative estimate of drug-likeness (QED) is 0.702. The van der Waals surface area contributed by atoms with Crippen molar-refractivity contribution in [2.24, 2.45) is 5.73 Å². The van der Waals surface area contributed by atoms with Gasteiger partial charge in [0, 0.05) is 17.1 Å². The summed E-state index contributed by atoms with van der Waals surface area (Å²) >= 11 is 5.91. The minimum Gasteiger partial charge on any atom is -0.465 e. The molecule has 1 aromatic rings. The lowest BCUT2D eigenvalue weighted by Gasteiger charge is -2.31. The number of hydrogen-bond acceptors (Lipinski definition) is 5. The number of halogens is 2. The normalized spacial score (nSPS) is 11.7. The Bertz CT molecular complexity index is 638. The molecule has 0 fully saturated rings. The van der Waals surface area contributed by atoms with Gasteiger partial charge in [0.25, 0.3) is 0 Å². The summed E-state index contributed by atoms with van der Waals surface area (Å²) in [5, 5.41) is 0.134. The van der Waals surface area contributed by atoms with Gasteiger partial charge in [0.05, 0.1) is 17.6 Å². The van der Waals surface area contributed by atoms with Crippen molar-refractivity contribution in [1.82, 2.24) is 4.72 Å². The number of benzene rings is 1. The minimum atomic E-state index is -3.86. The third-order valence-corrected chi connectivity index (χ3v) is 5.47. The lowest BCUT2D eigenvalue weighted by atomic mass is 9.95. The second-order valence-electron chi connectivity index (χ2n) is 4.96. The standard InChI is InChI=1S/C14H21ClN2O4S.ClH/c1-4-14(5-2,9-16)17-22(19,20)12-7-10(13(18)21-3)6-11(15)8-12;/h6-8,17H,4-5,9,16H2,1-3H3;1H. The Balaban J connectivity index is 0.00000484. The van der Waals surface area contributed by atoms with Gasteiger partial charge in [0.1, 0.15) is 0 Å². The number of hydrogen-bond donors (Lipinski definition) is 2. The van der Waals surface area contributed by atoms with Crippen LogP contribution in [0.1, 0.15) is 37.0 Å². The van der Waals surface area contributed by atoms with Crippen molar-refractivity contribution in [3.8, 4) is 0 Å². The summed E-state index contributed by atoms with van der Waals surface area (Å²) < 4.78 is 32.3. The van der Waals surface area contributed by atoms with Crippen molar-refractivity contribution in [3.63, 3.8) is 0 Å². The van der Waals surface area contributed by atoms with Crippen molar-refractivity contribution in [3.05, 3.63) is 28.8 Å². The maximum atomic E-state index is 12.6. The predicted octanol–water partition coefficient (Wildman–Crippen LogP) is 2.34. The van der Waals surface area contributed by atoms with Gasteiger partial charge in [-0.05, 0) is 31.0 Å². The number of esters is 1. The van der Waals surface area contributed by atoms with Crippen molar-refractivity contribution in [1.29, 1.82) is 0 Å². The van der Waals surface area contributed by atoms with E-state index in [1.54, 1.807) is 0 Å². The van der Waals surface area contributed by atoms with E-state index >= 15 is 0 Å². The van der Waals surface area contributed by atoms with Crippen LogP contribution in [0.15, 0.2) is 23.1 Å². The fraction of sp³-hybridized carbons (Fsp3) is 0.500. The highest BCUT2D eigenvalue weighted by molar-refractivity contribution is 7.89. The first-order chi connectivity index (χ1) is 10.2. The molecular weight excluding hydrogens is 363 g/mol. The van der Waals surface area contributed by atoms with Crippen LogP contribution >= 0.6 is 24.0 Å². The summed E-state index contributed by atoms with van der Waals surface area (Å²) in [6.07, 6.45) is 1.09. The Kier molecular flexibility index (Phi) is 8.51. The Morgan fingerprint density at radius 2 is 1.87 bits per heavy atom. The summed E-state index contributed by atoms with van der Waals surface area (Å²) in [5.74, 6) is -0.657. The molecule has 0 bridgehead atoms. The third-order valence-electron chi connectivity index (χ3n) is 3.70. The topological polar surface area (TPSA) is 98.5 Å². The van der Waals surface area contributed by atoms with Gasteiger partial charge in [-0.15, -0.1) is 12.4 Å². The molecule has 6 nitrogen and oxygen atoms in total. The number of ether oxygens (including phenoxy) is 1. The second-order valence-corrected chi connectivity index (χ2v) is 7.08. The number of nitrogens with two attached hydrogens (primary N) is 1. The van der Waals surface area contributed by atoms with E-state index in [1.165, 1.54) is 25.3 Å². The first-order valence-electron chi connectivity index (χ1n) is 6.86. The van der Waals surface area contributed by atoms with Gasteiger partial charge in [-0.3, -0.25) is 0 Å². The van der Waals surface area contributed by atoms with Gasteiger partial charge in [-0.1, -0.05) is 25.4 Å². The molecule has 23 heavy (non-hydrogen) atoms. The van der Waals surface area contributed by atoms with Crippen molar-refractivity contribution >= 4 is 40.0 Å². The predicted molar refractivity (Wildman–Crippen MR) is 92.7 cm³/mol. The molecule has 0 spiro atoms. The molecular formula is C14H22Cl2N2O4S. The van der Waals surface area contributed by atoms with E-state index in [9.17, 15) is 13.2 Å². The number of nitrogens with one attached hydrogen (secondary N) is 1. The molecule has 3 N–H and O–H groups in total. The summed E-state index contributed by atoms with van der Waals surface area (Å²) in [5.41, 5.74) is 5.06. The van der Waals surface area contributed by atoms with Crippen LogP contribution in [-0.2, 0) is 14.8 Å². The summed E-state index contributed by atoms with van der Waals surface area (Å²) in [7, 11) is -2.65. The monoisotopic (exact) mass is 384 g/mol. The first kappa shape index (κ1) is 22.1. The highest BCUT2D eigenvalue weighted by atomic mass is 35.5. The SMILES string of the molecule is CCC(CC)(CN)NS(=O)(=O)c1cc(Cl)cc(C(=O)OC)c1.Cl. The zero-order valence-corrected chi connectivity index (χ0v) is 15.6. The largest absolute Gasteiger partial charge is 0.465 e. The van der Waals surface area contributed by atoms with Crippen molar-refractivity contribution < 1.29 is 17.9 Å². The van der Waals surface area contributed by atoms with Crippen LogP contribution in [0.5, 0.6) is 0 Å². The van der Waals surface area contributed by atoms with Crippen LogP contribution in [0.4, 0.5) is 0 Å². The van der Waals surface area contributed by atoms with Crippen LogP contribution in [0.25, 0.3) is 0 Å². The molecule has 0 aliphatic heterocycles. The molecule has 0 saturated heterocycles. The highest BCUT2D eigenvalue weighted by Gasteiger charge is 2.31. The third kappa shape index (κ3) is 5.32. The zero-order valence-electron chi connectivity index (χ0n) is 13.3. The molecule has 0 saturated carbocycles. The fourth-order valence-electron chi connectivity index (χ4n) is 2.02. The van der Waals surface area contributed by atoms with Gasteiger partial charge >= 0.3 is 5.97 Å². The summed E-state index contributed by atoms with van der Waals surface area (Å²) in [6.45, 7) is 3.89. The highest BCUT2D eigenvalue weighted by Crippen LogP contribution is 2.23. The Labute approximate surface area is 148 Å². The Hall–Kier alpha value is -0.860. The molecule has 9 heteroatoms. The number of methoxy groups -OCH3 is 1. The molecule has 132 valence electrons. The van der Waals surface area contributed by atoms with Gasteiger partial charge in [0.2, 0.25) is 10.0 Å². The molecule has 0 heterocycles. The Morgan fingerprint density at radius 1 is 1.30 bits per heavy atom. The average molecular weight is 385 g/mol. The van der Waals surface area contributed by atoms with E-state index < -0.39 is 21.5 Å². The van der Waals surface area contributed by atoms with Crippen molar-refractivity contribution in [2.45, 2.75) is 37.1 Å². The van der Waals surface area contributed by atoms with Crippen LogP contribution in [-0.4, -0.2) is 33.6 Å². The molecule has 1 rings (SSSR count). The van der Waals surface area contributed by atoms with E-state index in [2.05, 4.69) is 9.46 Å². The van der Waals surface area contributed by atoms with Crippen LogP contribution in [0.2, 0.25) is 5.02 Å². The number of carbonyl (C=O) groups excluding carboxylic acids is 1. The van der Waals surface area contributed by atoms with Gasteiger partial charge in [-0.2, -0.15) is 0 Å². The fourth-order valence-corrected chi connectivity index (χ4v) is 3.95. The molecule has 0 amide bonds. The van der Waals surface area contributed by atoms with Crippen LogP contribution < -0.4 is 10.5 Å². The molecule has 0 aliphatic rings. The summed E-state index contributed by atoms with van der Waals surface area (Å²) in [4.78, 5) is 11.5. The van der Waals surface area contributed by atoms with Gasteiger partial charge in [0.15, 0.2) is 0 Å². The van der Waals surface area contributed by atoms with Crippen LogP contribution in [0.3, 0.4) is 0 Å². The maximum absolute atomic E-state index is 12.6. The molecule has 0 unspecified atom stereocenters. The maximum Gasteiger partial charge on any atom is 0.337 e. The number of carbonyl (C=O) groups is 1. The molecule has 0 aromatic heterocycles. The molecule has 0 atom stereocenters. The molecule has 0 radical (unpaired) electrons. The van der Waals surface area contributed by atoms with E-state index in [4.69, 9.17) is 17.3 Å². The average Bonchev–Trinajstić information content (AvgIpc) is 2.51. The molecule has 0 aliphatic carbocycles. The van der Waals surface area contributed by atoms with Gasteiger partial charge < -0.3 is 10.5 Å². The van der Waals surface area contributed by atoms with E-state index in [1.807, 2.05) is 13.8 Å². The molecule has 1 aromatic carbocycles. The van der Waals surface area contributed by atoms with Gasteiger partial charge in [-0.25, -0.2) is 17.9 Å². The van der Waals surface area contributed by atoms with Crippen LogP contribution in [0, 0.1) is 0 Å². The van der Waals surface area contributed by atoms with E-state index in [0.29, 0.717) is 12.8 Å². The zero-order chi connectivity index (χ0) is 17.0. The van der Waals surface area contributed by atoms with Crippen molar-refractivity contribution in [2.75, 3.05) is 13.7 Å². The summed E-state index contributed by atoms with van der Waals surface area (Å²) in [6, 6.07) is 3.86. The lowest BCUT2D eigenvalue weighted by molar-refractivity contribution is 0.0600. The Morgan fingerprint density at radius 3 is 2.30 bits per heavy atom. The minimum absolute atomic E-state index is 0.